The van der Waals surface area contributed by atoms with Crippen LogP contribution in [0, 0.1) is 11.8 Å². The van der Waals surface area contributed by atoms with E-state index in [0.717, 1.165) is 19.3 Å². The van der Waals surface area contributed by atoms with Crippen LogP contribution in [0.3, 0.4) is 0 Å². The molecule has 0 heterocycles. The molecular weight excluding hydrogens is 532 g/mol. The first-order valence-electron chi connectivity index (χ1n) is 14.3. The van der Waals surface area contributed by atoms with Gasteiger partial charge in [-0.15, -0.1) is 0 Å². The van der Waals surface area contributed by atoms with Gasteiger partial charge in [0.2, 0.25) is 11.8 Å². The summed E-state index contributed by atoms with van der Waals surface area (Å²) in [5, 5.41) is 15.3. The van der Waals surface area contributed by atoms with E-state index in [0.29, 0.717) is 29.2 Å². The van der Waals surface area contributed by atoms with Gasteiger partial charge in [0.1, 0.15) is 0 Å². The first kappa shape index (κ1) is 32.2. The fourth-order valence-electron chi connectivity index (χ4n) is 4.97. The molecule has 3 aromatic carbocycles. The molecule has 0 bridgehead atoms. The number of rotatable bonds is 16. The highest BCUT2D eigenvalue weighted by Gasteiger charge is 2.27. The van der Waals surface area contributed by atoms with Gasteiger partial charge in [0.15, 0.2) is 11.5 Å². The summed E-state index contributed by atoms with van der Waals surface area (Å²) < 4.78 is 10.6. The highest BCUT2D eigenvalue weighted by atomic mass is 16.5. The quantitative estimate of drug-likeness (QED) is 0.188. The predicted octanol–water partition coefficient (Wildman–Crippen LogP) is 6.20. The van der Waals surface area contributed by atoms with Gasteiger partial charge in [0.25, 0.3) is 0 Å². The number of benzene rings is 3. The molecule has 3 rings (SSSR count). The van der Waals surface area contributed by atoms with Gasteiger partial charge in [0, 0.05) is 18.0 Å². The Kier molecular flexibility index (Phi) is 12.4. The molecule has 224 valence electrons. The summed E-state index contributed by atoms with van der Waals surface area (Å²) in [4.78, 5) is 38.1. The third-order valence-corrected chi connectivity index (χ3v) is 7.08. The average molecular weight is 575 g/mol. The Morgan fingerprint density at radius 2 is 1.45 bits per heavy atom. The van der Waals surface area contributed by atoms with E-state index in [1.165, 1.54) is 25.3 Å². The van der Waals surface area contributed by atoms with E-state index in [2.05, 4.69) is 34.9 Å². The van der Waals surface area contributed by atoms with Gasteiger partial charge in [-0.25, -0.2) is 0 Å². The summed E-state index contributed by atoms with van der Waals surface area (Å²) >= 11 is 0. The first-order chi connectivity index (χ1) is 20.2. The Morgan fingerprint density at radius 1 is 0.810 bits per heavy atom. The van der Waals surface area contributed by atoms with E-state index in [9.17, 15) is 19.5 Å². The van der Waals surface area contributed by atoms with Gasteiger partial charge < -0.3 is 25.2 Å². The molecule has 0 saturated heterocycles. The molecular formula is C34H42N2O6. The number of carboxylic acid groups (broad SMARTS) is 1. The second kappa shape index (κ2) is 16.2. The van der Waals surface area contributed by atoms with Gasteiger partial charge in [-0.1, -0.05) is 62.4 Å². The topological polar surface area (TPSA) is 114 Å². The van der Waals surface area contributed by atoms with Crippen molar-refractivity contribution in [1.29, 1.82) is 0 Å². The minimum atomic E-state index is -1.06. The van der Waals surface area contributed by atoms with Gasteiger partial charge in [-0.05, 0) is 72.6 Å². The summed E-state index contributed by atoms with van der Waals surface area (Å²) in [5.41, 5.74) is 3.75. The van der Waals surface area contributed by atoms with Crippen LogP contribution in [0.2, 0.25) is 0 Å². The number of amides is 2. The Labute approximate surface area is 248 Å². The number of ether oxygens (including phenoxy) is 2. The number of aryl methyl sites for hydroxylation is 2. The molecule has 8 heteroatoms. The number of nitrogens with one attached hydrogen (secondary N) is 2. The Bertz CT molecular complexity index is 1310. The van der Waals surface area contributed by atoms with Gasteiger partial charge >= 0.3 is 5.97 Å². The molecule has 0 spiro atoms. The summed E-state index contributed by atoms with van der Waals surface area (Å²) in [6.07, 6.45) is 3.13. The van der Waals surface area contributed by atoms with Crippen molar-refractivity contribution in [2.75, 3.05) is 19.5 Å². The van der Waals surface area contributed by atoms with Crippen LogP contribution < -0.4 is 20.1 Å². The van der Waals surface area contributed by atoms with Crippen LogP contribution in [-0.4, -0.2) is 37.1 Å². The van der Waals surface area contributed by atoms with Crippen molar-refractivity contribution in [2.45, 2.75) is 58.4 Å². The lowest BCUT2D eigenvalue weighted by Gasteiger charge is -2.24. The van der Waals surface area contributed by atoms with Crippen LogP contribution in [0.5, 0.6) is 11.5 Å². The zero-order valence-electron chi connectivity index (χ0n) is 24.9. The normalized spacial score (nSPS) is 12.3. The average Bonchev–Trinajstić information content (AvgIpc) is 2.97. The van der Waals surface area contributed by atoms with E-state index >= 15 is 0 Å². The second-order valence-electron chi connectivity index (χ2n) is 10.9. The number of hydrogen-bond acceptors (Lipinski definition) is 5. The molecule has 2 amide bonds. The van der Waals surface area contributed by atoms with E-state index < -0.39 is 17.9 Å². The molecule has 0 radical (unpaired) electrons. The SMILES string of the molecule is COc1ccc(C(CC(=O)O)NC(=O)C(CC(=O)Nc2ccc(CCCc3ccccc3)cc2)CC(C)C)cc1OC. The molecule has 0 aliphatic carbocycles. The van der Waals surface area contributed by atoms with Crippen LogP contribution in [-0.2, 0) is 27.2 Å². The van der Waals surface area contributed by atoms with E-state index in [4.69, 9.17) is 9.47 Å². The van der Waals surface area contributed by atoms with Gasteiger partial charge in [-0.2, -0.15) is 0 Å². The first-order valence-corrected chi connectivity index (χ1v) is 14.3. The third-order valence-electron chi connectivity index (χ3n) is 7.08. The van der Waals surface area contributed by atoms with Crippen molar-refractivity contribution in [3.8, 4) is 11.5 Å². The Morgan fingerprint density at radius 3 is 2.05 bits per heavy atom. The van der Waals surface area contributed by atoms with Crippen molar-refractivity contribution in [1.82, 2.24) is 5.32 Å². The second-order valence-corrected chi connectivity index (χ2v) is 10.9. The van der Waals surface area contributed by atoms with Crippen molar-refractivity contribution < 1.29 is 29.0 Å². The number of carboxylic acids is 1. The summed E-state index contributed by atoms with van der Waals surface area (Å²) in [6.45, 7) is 3.97. The van der Waals surface area contributed by atoms with Gasteiger partial charge in [-0.3, -0.25) is 14.4 Å². The van der Waals surface area contributed by atoms with Crippen molar-refractivity contribution in [3.05, 3.63) is 89.5 Å². The molecule has 8 nitrogen and oxygen atoms in total. The molecule has 0 aliphatic rings. The lowest BCUT2D eigenvalue weighted by molar-refractivity contribution is -0.138. The minimum absolute atomic E-state index is 0.0193. The number of methoxy groups -OCH3 is 2. The molecule has 0 saturated carbocycles. The van der Waals surface area contributed by atoms with Crippen molar-refractivity contribution >= 4 is 23.5 Å². The van der Waals surface area contributed by atoms with Crippen molar-refractivity contribution in [2.24, 2.45) is 11.8 Å². The predicted molar refractivity (Wildman–Crippen MR) is 164 cm³/mol. The summed E-state index contributed by atoms with van der Waals surface area (Å²) in [5.74, 6) is -1.24. The zero-order valence-corrected chi connectivity index (χ0v) is 24.9. The van der Waals surface area contributed by atoms with E-state index in [1.807, 2.05) is 44.2 Å². The summed E-state index contributed by atoms with van der Waals surface area (Å²) in [6, 6.07) is 22.4. The number of carbonyl (C=O) groups is 3. The molecule has 0 aliphatic heterocycles. The summed E-state index contributed by atoms with van der Waals surface area (Å²) in [7, 11) is 3.00. The van der Waals surface area contributed by atoms with Crippen LogP contribution in [0.25, 0.3) is 0 Å². The van der Waals surface area contributed by atoms with Crippen LogP contribution in [0.15, 0.2) is 72.8 Å². The number of carbonyl (C=O) groups excluding carboxylic acids is 2. The van der Waals surface area contributed by atoms with Crippen LogP contribution in [0.1, 0.15) is 62.3 Å². The number of anilines is 1. The molecule has 42 heavy (non-hydrogen) atoms. The minimum Gasteiger partial charge on any atom is -0.493 e. The molecule has 3 aromatic rings. The van der Waals surface area contributed by atoms with Crippen LogP contribution in [0.4, 0.5) is 5.69 Å². The fourth-order valence-corrected chi connectivity index (χ4v) is 4.97. The maximum atomic E-state index is 13.4. The maximum absolute atomic E-state index is 13.4. The lowest BCUT2D eigenvalue weighted by Crippen LogP contribution is -2.37. The third kappa shape index (κ3) is 10.3. The van der Waals surface area contributed by atoms with Crippen molar-refractivity contribution in [3.63, 3.8) is 0 Å². The maximum Gasteiger partial charge on any atom is 0.305 e. The molecule has 0 aromatic heterocycles. The Hall–Kier alpha value is -4.33. The molecule has 2 unspecified atom stereocenters. The molecule has 3 N–H and O–H groups in total. The Balaban J connectivity index is 1.62. The van der Waals surface area contributed by atoms with E-state index in [1.54, 1.807) is 18.2 Å². The number of hydrogen-bond donors (Lipinski definition) is 3. The monoisotopic (exact) mass is 574 g/mol. The fraction of sp³-hybridized carbons (Fsp3) is 0.382. The highest BCUT2D eigenvalue weighted by molar-refractivity contribution is 5.94. The largest absolute Gasteiger partial charge is 0.493 e. The number of aliphatic carboxylic acids is 1. The van der Waals surface area contributed by atoms with E-state index in [-0.39, 0.29) is 30.6 Å². The molecule has 0 fully saturated rings. The molecule has 2 atom stereocenters. The standard InChI is InChI=1S/C34H42N2O6/c1-23(2)19-27(34(40)36-29(22-33(38)39)26-15-18-30(41-3)31(20-26)42-4)21-32(37)35-28-16-13-25(14-17-28)12-8-11-24-9-6-5-7-10-24/h5-7,9-10,13-18,20,23,27,29H,8,11-12,19,21-22H2,1-4H3,(H,35,37)(H,36,40)(H,38,39). The lowest BCUT2D eigenvalue weighted by atomic mass is 9.92. The zero-order chi connectivity index (χ0) is 30.5. The van der Waals surface area contributed by atoms with Gasteiger partial charge in [0.05, 0.1) is 26.7 Å². The smallest absolute Gasteiger partial charge is 0.305 e. The van der Waals surface area contributed by atoms with Crippen LogP contribution >= 0.6 is 0 Å². The highest BCUT2D eigenvalue weighted by Crippen LogP contribution is 2.31.